The van der Waals surface area contributed by atoms with Gasteiger partial charge in [0.1, 0.15) is 11.5 Å². The van der Waals surface area contributed by atoms with Crippen LogP contribution < -0.4 is 5.32 Å². The van der Waals surface area contributed by atoms with E-state index in [1.165, 1.54) is 5.56 Å². The van der Waals surface area contributed by atoms with Crippen molar-refractivity contribution < 1.29 is 4.42 Å². The van der Waals surface area contributed by atoms with Gasteiger partial charge in [-0.25, -0.2) is 0 Å². The van der Waals surface area contributed by atoms with Crippen molar-refractivity contribution in [1.29, 1.82) is 0 Å². The molecule has 1 atom stereocenters. The largest absolute Gasteiger partial charge is 0.465 e. The summed E-state index contributed by atoms with van der Waals surface area (Å²) in [7, 11) is 0. The fraction of sp³-hybridized carbons (Fsp3) is 0.375. The van der Waals surface area contributed by atoms with Crippen LogP contribution in [0.3, 0.4) is 0 Å². The molecule has 0 saturated carbocycles. The highest BCUT2D eigenvalue weighted by Crippen LogP contribution is 2.09. The third-order valence-electron chi connectivity index (χ3n) is 3.18. The summed E-state index contributed by atoms with van der Waals surface area (Å²) in [5.41, 5.74) is 1.38. The van der Waals surface area contributed by atoms with Gasteiger partial charge in [0.2, 0.25) is 0 Å². The van der Waals surface area contributed by atoms with Crippen molar-refractivity contribution in [1.82, 2.24) is 5.32 Å². The molecule has 1 unspecified atom stereocenters. The molecular formula is C16H21NO. The smallest absolute Gasteiger partial charge is 0.117 e. The molecule has 0 amide bonds. The van der Waals surface area contributed by atoms with Gasteiger partial charge < -0.3 is 9.73 Å². The third-order valence-corrected chi connectivity index (χ3v) is 3.18. The maximum atomic E-state index is 5.57. The molecule has 1 heterocycles. The van der Waals surface area contributed by atoms with Crippen LogP contribution in [0.25, 0.3) is 0 Å². The first-order valence-corrected chi connectivity index (χ1v) is 6.60. The van der Waals surface area contributed by atoms with Gasteiger partial charge in [-0.15, -0.1) is 0 Å². The van der Waals surface area contributed by atoms with E-state index in [2.05, 4.69) is 42.6 Å². The van der Waals surface area contributed by atoms with Crippen LogP contribution in [0, 0.1) is 6.92 Å². The van der Waals surface area contributed by atoms with Crippen LogP contribution in [-0.4, -0.2) is 6.04 Å². The molecule has 96 valence electrons. The van der Waals surface area contributed by atoms with E-state index in [1.54, 1.807) is 0 Å². The summed E-state index contributed by atoms with van der Waals surface area (Å²) in [6.07, 6.45) is 2.19. The topological polar surface area (TPSA) is 25.2 Å². The van der Waals surface area contributed by atoms with Crippen LogP contribution in [0.5, 0.6) is 0 Å². The lowest BCUT2D eigenvalue weighted by molar-refractivity contribution is 0.423. The lowest BCUT2D eigenvalue weighted by atomic mass is 10.0. The van der Waals surface area contributed by atoms with E-state index in [-0.39, 0.29) is 0 Å². The van der Waals surface area contributed by atoms with Gasteiger partial charge in [0, 0.05) is 6.04 Å². The normalized spacial score (nSPS) is 12.6. The van der Waals surface area contributed by atoms with E-state index in [1.807, 2.05) is 19.1 Å². The molecule has 2 rings (SSSR count). The van der Waals surface area contributed by atoms with E-state index < -0.39 is 0 Å². The minimum absolute atomic E-state index is 0.498. The van der Waals surface area contributed by atoms with Crippen LogP contribution in [0.4, 0.5) is 0 Å². The van der Waals surface area contributed by atoms with Gasteiger partial charge in [-0.2, -0.15) is 0 Å². The molecule has 0 saturated heterocycles. The maximum absolute atomic E-state index is 5.57. The van der Waals surface area contributed by atoms with E-state index >= 15 is 0 Å². The van der Waals surface area contributed by atoms with Gasteiger partial charge in [0.15, 0.2) is 0 Å². The molecular weight excluding hydrogens is 222 g/mol. The molecule has 1 aromatic carbocycles. The van der Waals surface area contributed by atoms with Gasteiger partial charge >= 0.3 is 0 Å². The number of rotatable bonds is 6. The highest BCUT2D eigenvalue weighted by atomic mass is 16.3. The van der Waals surface area contributed by atoms with Crippen molar-refractivity contribution in [3.63, 3.8) is 0 Å². The predicted molar refractivity (Wildman–Crippen MR) is 74.5 cm³/mol. The molecule has 18 heavy (non-hydrogen) atoms. The van der Waals surface area contributed by atoms with Gasteiger partial charge in [-0.05, 0) is 37.5 Å². The number of hydrogen-bond acceptors (Lipinski definition) is 2. The number of nitrogens with one attached hydrogen (secondary N) is 1. The molecule has 0 aliphatic rings. The van der Waals surface area contributed by atoms with Crippen LogP contribution in [0.15, 0.2) is 46.9 Å². The monoisotopic (exact) mass is 243 g/mol. The second kappa shape index (κ2) is 6.41. The number of aryl methyl sites for hydroxylation is 1. The van der Waals surface area contributed by atoms with E-state index in [4.69, 9.17) is 4.42 Å². The second-order valence-corrected chi connectivity index (χ2v) is 4.69. The third kappa shape index (κ3) is 3.74. The average molecular weight is 243 g/mol. The quantitative estimate of drug-likeness (QED) is 0.837. The first-order valence-electron chi connectivity index (χ1n) is 6.60. The Morgan fingerprint density at radius 2 is 1.89 bits per heavy atom. The summed E-state index contributed by atoms with van der Waals surface area (Å²) in [6.45, 7) is 5.00. The van der Waals surface area contributed by atoms with Crippen LogP contribution >= 0.6 is 0 Å². The molecule has 0 spiro atoms. The molecule has 1 aromatic heterocycles. The zero-order valence-corrected chi connectivity index (χ0v) is 11.1. The molecule has 2 aromatic rings. The Labute approximate surface area is 109 Å². The molecule has 0 aliphatic carbocycles. The maximum Gasteiger partial charge on any atom is 0.117 e. The van der Waals surface area contributed by atoms with Crippen molar-refractivity contribution in [3.8, 4) is 0 Å². The summed E-state index contributed by atoms with van der Waals surface area (Å²) in [4.78, 5) is 0. The van der Waals surface area contributed by atoms with Crippen LogP contribution in [0.1, 0.15) is 30.4 Å². The van der Waals surface area contributed by atoms with Crippen molar-refractivity contribution in [3.05, 3.63) is 59.5 Å². The number of benzene rings is 1. The fourth-order valence-corrected chi connectivity index (χ4v) is 2.08. The summed E-state index contributed by atoms with van der Waals surface area (Å²) < 4.78 is 5.57. The number of furan rings is 1. The molecule has 2 nitrogen and oxygen atoms in total. The van der Waals surface area contributed by atoms with Gasteiger partial charge in [0.25, 0.3) is 0 Å². The first kappa shape index (κ1) is 12.9. The van der Waals surface area contributed by atoms with Gasteiger partial charge in [0.05, 0.1) is 6.54 Å². The van der Waals surface area contributed by atoms with Crippen molar-refractivity contribution in [2.24, 2.45) is 0 Å². The number of hydrogen-bond donors (Lipinski definition) is 1. The molecule has 1 N–H and O–H groups in total. The first-order chi connectivity index (χ1) is 8.78. The molecule has 0 bridgehead atoms. The van der Waals surface area contributed by atoms with Crippen LogP contribution in [-0.2, 0) is 13.0 Å². The Kier molecular flexibility index (Phi) is 4.59. The molecule has 2 heteroatoms. The Hall–Kier alpha value is -1.54. The second-order valence-electron chi connectivity index (χ2n) is 4.69. The van der Waals surface area contributed by atoms with E-state index in [0.29, 0.717) is 6.04 Å². The predicted octanol–water partition coefficient (Wildman–Crippen LogP) is 3.70. The van der Waals surface area contributed by atoms with Crippen molar-refractivity contribution in [2.75, 3.05) is 0 Å². The Bertz CT molecular complexity index is 461. The fourth-order valence-electron chi connectivity index (χ4n) is 2.08. The highest BCUT2D eigenvalue weighted by Gasteiger charge is 2.07. The van der Waals surface area contributed by atoms with E-state index in [9.17, 15) is 0 Å². The zero-order valence-electron chi connectivity index (χ0n) is 11.1. The van der Waals surface area contributed by atoms with Gasteiger partial charge in [-0.1, -0.05) is 37.3 Å². The summed E-state index contributed by atoms with van der Waals surface area (Å²) in [5.74, 6) is 1.99. The molecule has 0 aliphatic heterocycles. The summed E-state index contributed by atoms with van der Waals surface area (Å²) >= 11 is 0. The highest BCUT2D eigenvalue weighted by molar-refractivity contribution is 5.16. The van der Waals surface area contributed by atoms with E-state index in [0.717, 1.165) is 30.9 Å². The Balaban J connectivity index is 1.86. The summed E-state index contributed by atoms with van der Waals surface area (Å²) in [6, 6.07) is 15.2. The molecule has 0 fully saturated rings. The standard InChI is InChI=1S/C16H21NO/c1-3-15(11-14-7-5-4-6-8-14)17-12-16-10-9-13(2)18-16/h4-10,15,17H,3,11-12H2,1-2H3. The minimum Gasteiger partial charge on any atom is -0.465 e. The lowest BCUT2D eigenvalue weighted by Gasteiger charge is -2.16. The molecule has 0 radical (unpaired) electrons. The Morgan fingerprint density at radius 3 is 2.50 bits per heavy atom. The van der Waals surface area contributed by atoms with Crippen LogP contribution in [0.2, 0.25) is 0 Å². The van der Waals surface area contributed by atoms with Crippen molar-refractivity contribution in [2.45, 2.75) is 39.3 Å². The lowest BCUT2D eigenvalue weighted by Crippen LogP contribution is -2.29. The van der Waals surface area contributed by atoms with Crippen molar-refractivity contribution >= 4 is 0 Å². The zero-order chi connectivity index (χ0) is 12.8. The summed E-state index contributed by atoms with van der Waals surface area (Å²) in [5, 5.41) is 3.55. The SMILES string of the molecule is CCC(Cc1ccccc1)NCc1ccc(C)o1. The minimum atomic E-state index is 0.498. The van der Waals surface area contributed by atoms with Gasteiger partial charge in [-0.3, -0.25) is 0 Å². The Morgan fingerprint density at radius 1 is 1.11 bits per heavy atom. The average Bonchev–Trinajstić information content (AvgIpc) is 2.81.